The third-order valence-corrected chi connectivity index (χ3v) is 4.59. The average Bonchev–Trinajstić information content (AvgIpc) is 2.69. The molecule has 1 heterocycles. The third kappa shape index (κ3) is 4.53. The summed E-state index contributed by atoms with van der Waals surface area (Å²) in [6.45, 7) is 3.60. The maximum absolute atomic E-state index is 12.5. The summed E-state index contributed by atoms with van der Waals surface area (Å²) in [7, 11) is 1.65. The van der Waals surface area contributed by atoms with Crippen molar-refractivity contribution in [1.82, 2.24) is 10.2 Å². The molecule has 0 bridgehead atoms. The number of rotatable bonds is 6. The van der Waals surface area contributed by atoms with Crippen LogP contribution < -0.4 is 15.8 Å². The second kappa shape index (κ2) is 8.69. The molecule has 2 aromatic carbocycles. The van der Waals surface area contributed by atoms with Gasteiger partial charge in [-0.2, -0.15) is 0 Å². The lowest BCUT2D eigenvalue weighted by Crippen LogP contribution is -2.43. The highest BCUT2D eigenvalue weighted by Gasteiger charge is 2.23. The Bertz CT molecular complexity index is 727. The lowest BCUT2D eigenvalue weighted by atomic mass is 10.0. The van der Waals surface area contributed by atoms with E-state index < -0.39 is 0 Å². The Hall–Kier alpha value is -2.57. The van der Waals surface area contributed by atoms with Crippen LogP contribution in [0.4, 0.5) is 5.69 Å². The quantitative estimate of drug-likeness (QED) is 0.776. The molecular weight excluding hydrogens is 330 g/mol. The lowest BCUT2D eigenvalue weighted by Gasteiger charge is -2.35. The largest absolute Gasteiger partial charge is 0.497 e. The molecule has 2 aromatic rings. The maximum Gasteiger partial charge on any atom is 0.251 e. The van der Waals surface area contributed by atoms with Gasteiger partial charge in [0.1, 0.15) is 5.75 Å². The minimum atomic E-state index is -0.121. The highest BCUT2D eigenvalue weighted by Crippen LogP contribution is 2.24. The molecule has 1 amide bonds. The van der Waals surface area contributed by atoms with Gasteiger partial charge in [-0.25, -0.2) is 0 Å². The number of carbonyl (C=O) groups is 1. The summed E-state index contributed by atoms with van der Waals surface area (Å²) in [6, 6.07) is 15.1. The molecule has 1 aliphatic heterocycles. The fourth-order valence-corrected chi connectivity index (χ4v) is 3.14. The number of nitrogens with zero attached hydrogens (tertiary/aromatic N) is 1. The van der Waals surface area contributed by atoms with Crippen molar-refractivity contribution in [3.05, 3.63) is 59.7 Å². The summed E-state index contributed by atoms with van der Waals surface area (Å²) < 4.78 is 10.7. The van der Waals surface area contributed by atoms with E-state index in [0.29, 0.717) is 31.0 Å². The zero-order valence-corrected chi connectivity index (χ0v) is 15.0. The van der Waals surface area contributed by atoms with Crippen molar-refractivity contribution in [2.24, 2.45) is 0 Å². The van der Waals surface area contributed by atoms with Gasteiger partial charge in [0.15, 0.2) is 0 Å². The Morgan fingerprint density at radius 1 is 1.23 bits per heavy atom. The molecule has 6 nitrogen and oxygen atoms in total. The van der Waals surface area contributed by atoms with Crippen molar-refractivity contribution in [2.75, 3.05) is 45.7 Å². The molecule has 0 aromatic heterocycles. The molecule has 0 radical (unpaired) electrons. The van der Waals surface area contributed by atoms with E-state index in [9.17, 15) is 4.79 Å². The Labute approximate surface area is 153 Å². The maximum atomic E-state index is 12.5. The summed E-state index contributed by atoms with van der Waals surface area (Å²) in [5.41, 5.74) is 8.06. The Morgan fingerprint density at radius 2 is 1.96 bits per heavy atom. The average molecular weight is 355 g/mol. The molecule has 0 saturated carbocycles. The molecular formula is C20H25N3O3. The second-order valence-electron chi connectivity index (χ2n) is 6.27. The highest BCUT2D eigenvalue weighted by molar-refractivity contribution is 5.95. The molecule has 138 valence electrons. The number of morpholine rings is 1. The van der Waals surface area contributed by atoms with Crippen LogP contribution >= 0.6 is 0 Å². The molecule has 6 heteroatoms. The van der Waals surface area contributed by atoms with E-state index >= 15 is 0 Å². The number of benzene rings is 2. The van der Waals surface area contributed by atoms with E-state index in [0.717, 1.165) is 24.4 Å². The van der Waals surface area contributed by atoms with E-state index in [4.69, 9.17) is 15.2 Å². The Balaban J connectivity index is 1.73. The summed E-state index contributed by atoms with van der Waals surface area (Å²) in [5.74, 6) is 0.697. The van der Waals surface area contributed by atoms with Gasteiger partial charge in [0.25, 0.3) is 5.91 Å². The minimum Gasteiger partial charge on any atom is -0.497 e. The van der Waals surface area contributed by atoms with Crippen molar-refractivity contribution in [3.8, 4) is 5.75 Å². The van der Waals surface area contributed by atoms with Crippen molar-refractivity contribution < 1.29 is 14.3 Å². The fraction of sp³-hybridized carbons (Fsp3) is 0.350. The van der Waals surface area contributed by atoms with Crippen LogP contribution in [0.1, 0.15) is 22.0 Å². The van der Waals surface area contributed by atoms with Crippen molar-refractivity contribution >= 4 is 11.6 Å². The molecule has 26 heavy (non-hydrogen) atoms. The van der Waals surface area contributed by atoms with Crippen LogP contribution in [0, 0.1) is 0 Å². The first kappa shape index (κ1) is 18.2. The highest BCUT2D eigenvalue weighted by atomic mass is 16.5. The molecule has 1 aliphatic rings. The summed E-state index contributed by atoms with van der Waals surface area (Å²) in [6.07, 6.45) is 0. The van der Waals surface area contributed by atoms with Crippen LogP contribution in [-0.2, 0) is 4.74 Å². The van der Waals surface area contributed by atoms with E-state index in [1.54, 1.807) is 31.4 Å². The smallest absolute Gasteiger partial charge is 0.251 e. The van der Waals surface area contributed by atoms with Crippen LogP contribution in [0.25, 0.3) is 0 Å². The Morgan fingerprint density at radius 3 is 2.62 bits per heavy atom. The number of nitrogens with two attached hydrogens (primary N) is 1. The van der Waals surface area contributed by atoms with Crippen LogP contribution in [0.5, 0.6) is 5.75 Å². The lowest BCUT2D eigenvalue weighted by molar-refractivity contribution is 0.0162. The number of methoxy groups -OCH3 is 1. The molecule has 3 N–H and O–H groups in total. The van der Waals surface area contributed by atoms with Gasteiger partial charge in [-0.1, -0.05) is 18.2 Å². The van der Waals surface area contributed by atoms with Gasteiger partial charge in [0.2, 0.25) is 0 Å². The molecule has 0 spiro atoms. The molecule has 1 atom stereocenters. The summed E-state index contributed by atoms with van der Waals surface area (Å²) >= 11 is 0. The van der Waals surface area contributed by atoms with Crippen LogP contribution in [0.15, 0.2) is 48.5 Å². The fourth-order valence-electron chi connectivity index (χ4n) is 3.14. The van der Waals surface area contributed by atoms with Gasteiger partial charge in [0.05, 0.1) is 26.4 Å². The number of hydrogen-bond donors (Lipinski definition) is 2. The zero-order valence-electron chi connectivity index (χ0n) is 15.0. The third-order valence-electron chi connectivity index (χ3n) is 4.59. The first-order valence-electron chi connectivity index (χ1n) is 8.77. The number of carbonyl (C=O) groups excluding carboxylic acids is 1. The molecule has 1 unspecified atom stereocenters. The monoisotopic (exact) mass is 355 g/mol. The van der Waals surface area contributed by atoms with E-state index in [1.807, 2.05) is 24.3 Å². The number of nitrogens with one attached hydrogen (secondary N) is 1. The van der Waals surface area contributed by atoms with E-state index in [2.05, 4.69) is 10.2 Å². The molecule has 1 fully saturated rings. The second-order valence-corrected chi connectivity index (χ2v) is 6.27. The Kier molecular flexibility index (Phi) is 6.09. The number of hydrogen-bond acceptors (Lipinski definition) is 5. The SMILES string of the molecule is COc1ccc(C(CNC(=O)c2cccc(N)c2)N2CCOCC2)cc1. The zero-order chi connectivity index (χ0) is 18.4. The van der Waals surface area contributed by atoms with Crippen molar-refractivity contribution in [1.29, 1.82) is 0 Å². The normalized spacial score (nSPS) is 16.0. The van der Waals surface area contributed by atoms with Gasteiger partial charge in [-0.05, 0) is 35.9 Å². The standard InChI is InChI=1S/C20H25N3O3/c1-25-18-7-5-15(6-8-18)19(23-9-11-26-12-10-23)14-22-20(24)16-3-2-4-17(21)13-16/h2-8,13,19H,9-12,14,21H2,1H3,(H,22,24). The molecule has 0 aliphatic carbocycles. The topological polar surface area (TPSA) is 76.8 Å². The molecule has 1 saturated heterocycles. The number of amides is 1. The number of anilines is 1. The molecule has 3 rings (SSSR count). The van der Waals surface area contributed by atoms with Gasteiger partial charge >= 0.3 is 0 Å². The predicted molar refractivity (Wildman–Crippen MR) is 101 cm³/mol. The summed E-state index contributed by atoms with van der Waals surface area (Å²) in [5, 5.41) is 3.04. The van der Waals surface area contributed by atoms with Gasteiger partial charge in [0, 0.05) is 30.9 Å². The van der Waals surface area contributed by atoms with Gasteiger partial charge in [-0.15, -0.1) is 0 Å². The predicted octanol–water partition coefficient (Wildman–Crippen LogP) is 2.08. The van der Waals surface area contributed by atoms with E-state index in [1.165, 1.54) is 0 Å². The van der Waals surface area contributed by atoms with Crippen LogP contribution in [0.2, 0.25) is 0 Å². The minimum absolute atomic E-state index is 0.0785. The van der Waals surface area contributed by atoms with E-state index in [-0.39, 0.29) is 11.9 Å². The van der Waals surface area contributed by atoms with Gasteiger partial charge in [-0.3, -0.25) is 9.69 Å². The van der Waals surface area contributed by atoms with Gasteiger partial charge < -0.3 is 20.5 Å². The number of ether oxygens (including phenoxy) is 2. The summed E-state index contributed by atoms with van der Waals surface area (Å²) in [4.78, 5) is 14.8. The van der Waals surface area contributed by atoms with Crippen LogP contribution in [-0.4, -0.2) is 50.8 Å². The van der Waals surface area contributed by atoms with Crippen molar-refractivity contribution in [3.63, 3.8) is 0 Å². The first-order valence-corrected chi connectivity index (χ1v) is 8.77. The first-order chi connectivity index (χ1) is 12.7. The van der Waals surface area contributed by atoms with Crippen molar-refractivity contribution in [2.45, 2.75) is 6.04 Å². The number of nitrogen functional groups attached to an aromatic ring is 1. The van der Waals surface area contributed by atoms with Crippen LogP contribution in [0.3, 0.4) is 0 Å².